The normalized spacial score (nSPS) is 10.6. The molecule has 1 aromatic heterocycles. The maximum absolute atomic E-state index is 12.6. The first-order chi connectivity index (χ1) is 12.7. The molecule has 0 fully saturated rings. The summed E-state index contributed by atoms with van der Waals surface area (Å²) in [5, 5.41) is 11.8. The molecule has 0 saturated heterocycles. The zero-order valence-corrected chi connectivity index (χ0v) is 14.1. The van der Waals surface area contributed by atoms with Crippen molar-refractivity contribution in [1.82, 2.24) is 4.98 Å². The number of nitrogens with zero attached hydrogens (tertiary/aromatic N) is 1. The van der Waals surface area contributed by atoms with Gasteiger partial charge in [0.25, 0.3) is 5.56 Å². The molecule has 0 bridgehead atoms. The number of aromatic amines is 1. The highest BCUT2D eigenvalue weighted by molar-refractivity contribution is 5.83. The lowest BCUT2D eigenvalue weighted by Crippen LogP contribution is -2.15. The Bertz CT molecular complexity index is 1180. The van der Waals surface area contributed by atoms with E-state index in [1.165, 1.54) is 5.39 Å². The van der Waals surface area contributed by atoms with E-state index >= 15 is 0 Å². The molecule has 4 aromatic rings. The van der Waals surface area contributed by atoms with Crippen molar-refractivity contribution in [2.24, 2.45) is 0 Å². The van der Waals surface area contributed by atoms with Crippen molar-refractivity contribution in [2.75, 3.05) is 0 Å². The molecule has 26 heavy (non-hydrogen) atoms. The van der Waals surface area contributed by atoms with E-state index in [0.717, 1.165) is 16.5 Å². The summed E-state index contributed by atoms with van der Waals surface area (Å²) in [6.07, 6.45) is 0.490. The molecule has 1 N–H and O–H groups in total. The van der Waals surface area contributed by atoms with Gasteiger partial charge in [0.2, 0.25) is 0 Å². The fraction of sp³-hybridized carbons (Fsp3) is 0.0435. The minimum absolute atomic E-state index is 0.156. The first-order valence-corrected chi connectivity index (χ1v) is 8.44. The smallest absolute Gasteiger partial charge is 0.252 e. The number of rotatable bonds is 3. The molecule has 3 nitrogen and oxygen atoms in total. The molecule has 0 aliphatic heterocycles. The average molecular weight is 336 g/mol. The van der Waals surface area contributed by atoms with Gasteiger partial charge in [-0.2, -0.15) is 5.26 Å². The second kappa shape index (κ2) is 6.70. The van der Waals surface area contributed by atoms with Crippen LogP contribution in [0.15, 0.2) is 83.7 Å². The van der Waals surface area contributed by atoms with Crippen molar-refractivity contribution in [2.45, 2.75) is 6.42 Å². The summed E-state index contributed by atoms with van der Waals surface area (Å²) in [4.78, 5) is 15.5. The van der Waals surface area contributed by atoms with Crippen LogP contribution in [0.25, 0.3) is 22.0 Å². The van der Waals surface area contributed by atoms with Crippen LogP contribution in [-0.4, -0.2) is 4.98 Å². The minimum Gasteiger partial charge on any atom is -0.321 e. The monoisotopic (exact) mass is 336 g/mol. The molecule has 124 valence electrons. The van der Waals surface area contributed by atoms with Crippen LogP contribution in [0, 0.1) is 11.3 Å². The third-order valence-corrected chi connectivity index (χ3v) is 4.51. The molecular weight excluding hydrogens is 320 g/mol. The second-order valence-electron chi connectivity index (χ2n) is 6.25. The van der Waals surface area contributed by atoms with Gasteiger partial charge >= 0.3 is 0 Å². The topological polar surface area (TPSA) is 56.6 Å². The molecule has 0 saturated carbocycles. The van der Waals surface area contributed by atoms with Crippen LogP contribution < -0.4 is 5.56 Å². The Hall–Kier alpha value is -3.64. The summed E-state index contributed by atoms with van der Waals surface area (Å²) in [6, 6.07) is 27.7. The Balaban J connectivity index is 1.75. The SMILES string of the molecule is N#Cc1cc(Cc2ccc3ccccc3c2)c(=O)[nH]c1-c1ccccc1. The third kappa shape index (κ3) is 3.01. The molecule has 0 unspecified atom stereocenters. The fourth-order valence-corrected chi connectivity index (χ4v) is 3.19. The van der Waals surface area contributed by atoms with E-state index in [9.17, 15) is 10.1 Å². The predicted molar refractivity (Wildman–Crippen MR) is 104 cm³/mol. The molecule has 3 heteroatoms. The highest BCUT2D eigenvalue weighted by atomic mass is 16.1. The quantitative estimate of drug-likeness (QED) is 0.591. The zero-order chi connectivity index (χ0) is 17.9. The standard InChI is InChI=1S/C23H16N2O/c24-15-21-14-20(23(26)25-22(21)18-7-2-1-3-8-18)13-16-10-11-17-6-4-5-9-19(17)12-16/h1-12,14H,13H2,(H,25,26). The van der Waals surface area contributed by atoms with E-state index in [-0.39, 0.29) is 5.56 Å². The van der Waals surface area contributed by atoms with Crippen LogP contribution in [0.5, 0.6) is 0 Å². The maximum atomic E-state index is 12.6. The lowest BCUT2D eigenvalue weighted by molar-refractivity contribution is 1.09. The molecule has 0 atom stereocenters. The Morgan fingerprint density at radius 1 is 0.846 bits per heavy atom. The number of aromatic nitrogens is 1. The molecule has 0 aliphatic carbocycles. The van der Waals surface area contributed by atoms with Gasteiger partial charge in [-0.3, -0.25) is 4.79 Å². The summed E-state index contributed by atoms with van der Waals surface area (Å²) >= 11 is 0. The molecule has 0 aliphatic rings. The highest BCUT2D eigenvalue weighted by Gasteiger charge is 2.11. The second-order valence-corrected chi connectivity index (χ2v) is 6.25. The largest absolute Gasteiger partial charge is 0.321 e. The van der Waals surface area contributed by atoms with Gasteiger partial charge in [-0.1, -0.05) is 72.8 Å². The highest BCUT2D eigenvalue weighted by Crippen LogP contribution is 2.22. The van der Waals surface area contributed by atoms with E-state index in [1.807, 2.05) is 48.5 Å². The van der Waals surface area contributed by atoms with Crippen molar-refractivity contribution in [3.63, 3.8) is 0 Å². The van der Waals surface area contributed by atoms with Gasteiger partial charge in [0.1, 0.15) is 6.07 Å². The first kappa shape index (κ1) is 15.9. The number of nitriles is 1. The first-order valence-electron chi connectivity index (χ1n) is 8.44. The maximum Gasteiger partial charge on any atom is 0.252 e. The van der Waals surface area contributed by atoms with Crippen molar-refractivity contribution in [3.8, 4) is 17.3 Å². The summed E-state index contributed by atoms with van der Waals surface area (Å²) in [5.41, 5.74) is 3.36. The summed E-state index contributed by atoms with van der Waals surface area (Å²) in [7, 11) is 0. The van der Waals surface area contributed by atoms with Crippen LogP contribution in [0.3, 0.4) is 0 Å². The lowest BCUT2D eigenvalue weighted by Gasteiger charge is -2.08. The number of H-pyrrole nitrogens is 1. The van der Waals surface area contributed by atoms with Crippen LogP contribution in [0.4, 0.5) is 0 Å². The van der Waals surface area contributed by atoms with Crippen molar-refractivity contribution in [1.29, 1.82) is 5.26 Å². The number of benzene rings is 3. The molecule has 0 spiro atoms. The van der Waals surface area contributed by atoms with E-state index in [1.54, 1.807) is 6.07 Å². The average Bonchev–Trinajstić information content (AvgIpc) is 2.70. The Labute approximate surface area is 151 Å². The van der Waals surface area contributed by atoms with E-state index in [0.29, 0.717) is 23.2 Å². The Morgan fingerprint density at radius 2 is 1.58 bits per heavy atom. The molecule has 3 aromatic carbocycles. The Kier molecular flexibility index (Phi) is 4.09. The van der Waals surface area contributed by atoms with Crippen molar-refractivity contribution >= 4 is 10.8 Å². The van der Waals surface area contributed by atoms with Gasteiger partial charge in [-0.15, -0.1) is 0 Å². The fourth-order valence-electron chi connectivity index (χ4n) is 3.19. The lowest BCUT2D eigenvalue weighted by atomic mass is 9.99. The van der Waals surface area contributed by atoms with Gasteiger partial charge in [0.05, 0.1) is 11.3 Å². The number of hydrogen-bond donors (Lipinski definition) is 1. The van der Waals surface area contributed by atoms with E-state index in [2.05, 4.69) is 35.3 Å². The van der Waals surface area contributed by atoms with Gasteiger partial charge in [0.15, 0.2) is 0 Å². The van der Waals surface area contributed by atoms with Gasteiger partial charge in [0, 0.05) is 12.0 Å². The summed E-state index contributed by atoms with van der Waals surface area (Å²) < 4.78 is 0. The van der Waals surface area contributed by atoms with Crippen molar-refractivity contribution < 1.29 is 0 Å². The van der Waals surface area contributed by atoms with Gasteiger partial charge in [-0.05, 0) is 28.0 Å². The predicted octanol–water partition coefficient (Wildman–Crippen LogP) is 4.66. The number of fused-ring (bicyclic) bond motifs is 1. The Morgan fingerprint density at radius 3 is 2.35 bits per heavy atom. The van der Waals surface area contributed by atoms with E-state index in [4.69, 9.17) is 0 Å². The summed E-state index contributed by atoms with van der Waals surface area (Å²) in [6.45, 7) is 0. The van der Waals surface area contributed by atoms with Crippen LogP contribution in [0.1, 0.15) is 16.7 Å². The zero-order valence-electron chi connectivity index (χ0n) is 14.1. The van der Waals surface area contributed by atoms with Crippen LogP contribution in [0.2, 0.25) is 0 Å². The molecular formula is C23H16N2O. The molecule has 4 rings (SSSR count). The number of nitrogens with one attached hydrogen (secondary N) is 1. The molecule has 1 heterocycles. The van der Waals surface area contributed by atoms with E-state index < -0.39 is 0 Å². The molecule has 0 amide bonds. The molecule has 0 radical (unpaired) electrons. The van der Waals surface area contributed by atoms with Gasteiger partial charge < -0.3 is 4.98 Å². The third-order valence-electron chi connectivity index (χ3n) is 4.51. The number of hydrogen-bond acceptors (Lipinski definition) is 2. The van der Waals surface area contributed by atoms with Crippen LogP contribution >= 0.6 is 0 Å². The summed E-state index contributed by atoms with van der Waals surface area (Å²) in [5.74, 6) is 0. The number of pyridine rings is 1. The van der Waals surface area contributed by atoms with Crippen molar-refractivity contribution in [3.05, 3.63) is 106 Å². The minimum atomic E-state index is -0.156. The van der Waals surface area contributed by atoms with Crippen LogP contribution in [-0.2, 0) is 6.42 Å². The van der Waals surface area contributed by atoms with Gasteiger partial charge in [-0.25, -0.2) is 0 Å².